The van der Waals surface area contributed by atoms with Crippen LogP contribution in [0.15, 0.2) is 24.8 Å². The van der Waals surface area contributed by atoms with Crippen LogP contribution in [0, 0.1) is 0 Å². The van der Waals surface area contributed by atoms with Gasteiger partial charge in [-0.3, -0.25) is 4.79 Å². The zero-order valence-electron chi connectivity index (χ0n) is 5.61. The molecule has 1 N–H and O–H groups in total. The molecule has 9 heavy (non-hydrogen) atoms. The third-order valence-electron chi connectivity index (χ3n) is 0.795. The van der Waals surface area contributed by atoms with Crippen LogP contribution in [0.4, 0.5) is 0 Å². The molecular formula is C7H11NO. The molecule has 2 nitrogen and oxygen atoms in total. The van der Waals surface area contributed by atoms with E-state index in [1.807, 2.05) is 0 Å². The van der Waals surface area contributed by atoms with Gasteiger partial charge in [-0.1, -0.05) is 12.7 Å². The van der Waals surface area contributed by atoms with Crippen LogP contribution in [0.2, 0.25) is 0 Å². The maximum Gasteiger partial charge on any atom is 0.246 e. The Morgan fingerprint density at radius 1 is 1.78 bits per heavy atom. The number of hydrogen-bond acceptors (Lipinski definition) is 1. The van der Waals surface area contributed by atoms with E-state index >= 15 is 0 Å². The van der Waals surface area contributed by atoms with Gasteiger partial charge < -0.3 is 5.32 Å². The van der Waals surface area contributed by atoms with Gasteiger partial charge in [0.2, 0.25) is 5.91 Å². The average molecular weight is 125 g/mol. The predicted octanol–water partition coefficient (Wildman–Crippen LogP) is 0.865. The maximum atomic E-state index is 10.6. The Kier molecular flexibility index (Phi) is 3.44. The molecule has 2 heteroatoms. The molecule has 0 aromatic rings. The molecule has 0 unspecified atom stereocenters. The molecule has 0 atom stereocenters. The van der Waals surface area contributed by atoms with Crippen LogP contribution in [0.1, 0.15) is 6.92 Å². The van der Waals surface area contributed by atoms with Crippen molar-refractivity contribution in [2.24, 2.45) is 0 Å². The third kappa shape index (κ3) is 3.53. The smallest absolute Gasteiger partial charge is 0.246 e. The molecule has 0 aromatic heterocycles. The van der Waals surface area contributed by atoms with Gasteiger partial charge in [-0.25, -0.2) is 0 Å². The average Bonchev–Trinajstić information content (AvgIpc) is 1.82. The van der Waals surface area contributed by atoms with Crippen molar-refractivity contribution >= 4 is 5.91 Å². The Labute approximate surface area is 55.3 Å². The molecule has 0 aromatic carbocycles. The fourth-order valence-electron chi connectivity index (χ4n) is 0.316. The summed E-state index contributed by atoms with van der Waals surface area (Å²) in [4.78, 5) is 10.6. The van der Waals surface area contributed by atoms with Gasteiger partial charge in [-0.2, -0.15) is 0 Å². The molecule has 0 aliphatic rings. The number of rotatable bonds is 3. The molecule has 0 saturated heterocycles. The standard InChI is InChI=1S/C7H11NO/c1-4-5-8-7(9)6(2)3/h4H,1-2,5H2,3H3,(H,8,9). The number of carbonyl (C=O) groups is 1. The van der Waals surface area contributed by atoms with Crippen LogP contribution in [-0.2, 0) is 4.79 Å². The molecule has 0 spiro atoms. The van der Waals surface area contributed by atoms with Crippen LogP contribution in [0.5, 0.6) is 0 Å². The summed E-state index contributed by atoms with van der Waals surface area (Å²) < 4.78 is 0. The Hall–Kier alpha value is -1.05. The van der Waals surface area contributed by atoms with Crippen molar-refractivity contribution in [3.8, 4) is 0 Å². The molecule has 50 valence electrons. The van der Waals surface area contributed by atoms with Crippen molar-refractivity contribution in [3.63, 3.8) is 0 Å². The van der Waals surface area contributed by atoms with Crippen LogP contribution < -0.4 is 5.32 Å². The highest BCUT2D eigenvalue weighted by atomic mass is 16.1. The first-order valence-electron chi connectivity index (χ1n) is 2.73. The fraction of sp³-hybridized carbons (Fsp3) is 0.286. The lowest BCUT2D eigenvalue weighted by Crippen LogP contribution is -2.23. The van der Waals surface area contributed by atoms with Gasteiger partial charge in [0, 0.05) is 12.1 Å². The molecule has 0 aliphatic heterocycles. The molecule has 0 aliphatic carbocycles. The van der Waals surface area contributed by atoms with E-state index in [4.69, 9.17) is 0 Å². The van der Waals surface area contributed by atoms with Gasteiger partial charge >= 0.3 is 0 Å². The highest BCUT2D eigenvalue weighted by Gasteiger charge is 1.95. The molecule has 0 saturated carbocycles. The van der Waals surface area contributed by atoms with E-state index in [1.165, 1.54) is 0 Å². The summed E-state index contributed by atoms with van der Waals surface area (Å²) in [6.45, 7) is 9.08. The largest absolute Gasteiger partial charge is 0.349 e. The lowest BCUT2D eigenvalue weighted by atomic mass is 10.3. The quantitative estimate of drug-likeness (QED) is 0.440. The van der Waals surface area contributed by atoms with E-state index in [0.29, 0.717) is 12.1 Å². The topological polar surface area (TPSA) is 29.1 Å². The van der Waals surface area contributed by atoms with Crippen LogP contribution in [0.3, 0.4) is 0 Å². The Balaban J connectivity index is 3.51. The summed E-state index contributed by atoms with van der Waals surface area (Å²) in [5.74, 6) is -0.116. The van der Waals surface area contributed by atoms with Crippen molar-refractivity contribution in [1.29, 1.82) is 0 Å². The Morgan fingerprint density at radius 2 is 2.33 bits per heavy atom. The summed E-state index contributed by atoms with van der Waals surface area (Å²) in [6, 6.07) is 0. The first-order valence-corrected chi connectivity index (χ1v) is 2.73. The Bertz CT molecular complexity index is 138. The molecule has 0 bridgehead atoms. The van der Waals surface area contributed by atoms with Gasteiger partial charge in [0.15, 0.2) is 0 Å². The predicted molar refractivity (Wildman–Crippen MR) is 38.0 cm³/mol. The molecule has 0 rings (SSSR count). The minimum Gasteiger partial charge on any atom is -0.349 e. The van der Waals surface area contributed by atoms with Crippen molar-refractivity contribution < 1.29 is 4.79 Å². The second-order valence-corrected chi connectivity index (χ2v) is 1.78. The summed E-state index contributed by atoms with van der Waals surface area (Å²) in [5.41, 5.74) is 0.525. The van der Waals surface area contributed by atoms with E-state index < -0.39 is 0 Å². The van der Waals surface area contributed by atoms with Crippen molar-refractivity contribution in [2.45, 2.75) is 6.92 Å². The molecule has 1 amide bonds. The number of hydrogen-bond donors (Lipinski definition) is 1. The number of amides is 1. The maximum absolute atomic E-state index is 10.6. The summed E-state index contributed by atoms with van der Waals surface area (Å²) in [6.07, 6.45) is 1.63. The lowest BCUT2D eigenvalue weighted by molar-refractivity contribution is -0.117. The van der Waals surface area contributed by atoms with Gasteiger partial charge in [-0.05, 0) is 6.92 Å². The zero-order valence-corrected chi connectivity index (χ0v) is 5.61. The van der Waals surface area contributed by atoms with Crippen LogP contribution >= 0.6 is 0 Å². The van der Waals surface area contributed by atoms with E-state index in [2.05, 4.69) is 18.5 Å². The molecule has 0 heterocycles. The molecular weight excluding hydrogens is 114 g/mol. The minimum absolute atomic E-state index is 0.116. The van der Waals surface area contributed by atoms with Crippen molar-refractivity contribution in [2.75, 3.05) is 6.54 Å². The first kappa shape index (κ1) is 7.95. The molecule has 0 radical (unpaired) electrons. The van der Waals surface area contributed by atoms with Gasteiger partial charge in [0.25, 0.3) is 0 Å². The van der Waals surface area contributed by atoms with Crippen molar-refractivity contribution in [3.05, 3.63) is 24.8 Å². The second-order valence-electron chi connectivity index (χ2n) is 1.78. The van der Waals surface area contributed by atoms with E-state index in [0.717, 1.165) is 0 Å². The highest BCUT2D eigenvalue weighted by molar-refractivity contribution is 5.92. The first-order chi connectivity index (χ1) is 4.18. The van der Waals surface area contributed by atoms with Gasteiger partial charge in [-0.15, -0.1) is 6.58 Å². The Morgan fingerprint density at radius 3 is 2.67 bits per heavy atom. The van der Waals surface area contributed by atoms with Gasteiger partial charge in [0.05, 0.1) is 0 Å². The monoisotopic (exact) mass is 125 g/mol. The second kappa shape index (κ2) is 3.89. The van der Waals surface area contributed by atoms with Crippen molar-refractivity contribution in [1.82, 2.24) is 5.32 Å². The third-order valence-corrected chi connectivity index (χ3v) is 0.795. The summed E-state index contributed by atoms with van der Waals surface area (Å²) in [7, 11) is 0. The highest BCUT2D eigenvalue weighted by Crippen LogP contribution is 1.83. The van der Waals surface area contributed by atoms with E-state index in [1.54, 1.807) is 13.0 Å². The zero-order chi connectivity index (χ0) is 7.28. The normalized spacial score (nSPS) is 8.11. The number of nitrogens with one attached hydrogen (secondary N) is 1. The SMILES string of the molecule is C=CCNC(=O)C(=C)C. The minimum atomic E-state index is -0.116. The lowest BCUT2D eigenvalue weighted by Gasteiger charge is -1.97. The number of carbonyl (C=O) groups excluding carboxylic acids is 1. The summed E-state index contributed by atoms with van der Waals surface area (Å²) >= 11 is 0. The van der Waals surface area contributed by atoms with Crippen LogP contribution in [0.25, 0.3) is 0 Å². The van der Waals surface area contributed by atoms with E-state index in [-0.39, 0.29) is 5.91 Å². The molecule has 0 fully saturated rings. The summed E-state index contributed by atoms with van der Waals surface area (Å²) in [5, 5.41) is 2.58. The van der Waals surface area contributed by atoms with E-state index in [9.17, 15) is 4.79 Å². The van der Waals surface area contributed by atoms with Crippen LogP contribution in [-0.4, -0.2) is 12.5 Å². The van der Waals surface area contributed by atoms with Gasteiger partial charge in [0.1, 0.15) is 0 Å². The fourth-order valence-corrected chi connectivity index (χ4v) is 0.316.